The van der Waals surface area contributed by atoms with Gasteiger partial charge in [0, 0.05) is 0 Å². The van der Waals surface area contributed by atoms with Crippen molar-refractivity contribution in [3.63, 3.8) is 0 Å². The van der Waals surface area contributed by atoms with Crippen molar-refractivity contribution in [1.29, 1.82) is 0 Å². The van der Waals surface area contributed by atoms with E-state index in [0.29, 0.717) is 11.6 Å². The van der Waals surface area contributed by atoms with Gasteiger partial charge in [-0.3, -0.25) is 9.59 Å². The summed E-state index contributed by atoms with van der Waals surface area (Å²) in [7, 11) is 0. The van der Waals surface area contributed by atoms with Crippen LogP contribution in [0.1, 0.15) is 22.8 Å². The monoisotopic (exact) mass is 420 g/mol. The number of hydrogen-bond acceptors (Lipinski definition) is 5. The van der Waals surface area contributed by atoms with Crippen LogP contribution in [-0.4, -0.2) is 45.0 Å². The maximum atomic E-state index is 12.0. The number of amides is 2. The van der Waals surface area contributed by atoms with Crippen LogP contribution in [0.25, 0.3) is 22.1 Å². The highest BCUT2D eigenvalue weighted by molar-refractivity contribution is 5.81. The second-order valence-electron chi connectivity index (χ2n) is 7.36. The second-order valence-corrected chi connectivity index (χ2v) is 7.36. The minimum absolute atomic E-state index is 0.212. The molecule has 0 aliphatic rings. The van der Waals surface area contributed by atoms with Crippen LogP contribution in [0.2, 0.25) is 0 Å². The molecule has 2 aromatic carbocycles. The molecule has 4 rings (SSSR count). The number of fused-ring (bicyclic) bond motifs is 2. The van der Waals surface area contributed by atoms with E-state index in [0.717, 1.165) is 33.2 Å². The van der Waals surface area contributed by atoms with Crippen molar-refractivity contribution < 1.29 is 14.3 Å². The van der Waals surface area contributed by atoms with E-state index in [2.05, 4.69) is 30.6 Å². The summed E-state index contributed by atoms with van der Waals surface area (Å²) in [6.45, 7) is 4.06. The number of para-hydroxylation sites is 2. The van der Waals surface area contributed by atoms with Crippen molar-refractivity contribution in [2.45, 2.75) is 26.9 Å². The Morgan fingerprint density at radius 2 is 1.26 bits per heavy atom. The van der Waals surface area contributed by atoms with Crippen LogP contribution in [0.4, 0.5) is 0 Å². The predicted molar refractivity (Wildman–Crippen MR) is 116 cm³/mol. The fourth-order valence-electron chi connectivity index (χ4n) is 3.32. The number of aromatic nitrogens is 4. The van der Waals surface area contributed by atoms with E-state index in [1.54, 1.807) is 0 Å². The molecule has 0 saturated carbocycles. The summed E-state index contributed by atoms with van der Waals surface area (Å²) in [6.07, 6.45) is 0. The van der Waals surface area contributed by atoms with Crippen molar-refractivity contribution >= 4 is 33.9 Å². The van der Waals surface area contributed by atoms with Gasteiger partial charge in [-0.15, -0.1) is 0 Å². The topological polar surface area (TPSA) is 125 Å². The molecule has 2 aromatic heterocycles. The first-order valence-electron chi connectivity index (χ1n) is 9.99. The summed E-state index contributed by atoms with van der Waals surface area (Å²) in [6, 6.07) is 11.8. The van der Waals surface area contributed by atoms with Crippen LogP contribution < -0.4 is 10.6 Å². The number of nitrogens with zero attached hydrogens (tertiary/aromatic N) is 2. The summed E-state index contributed by atoms with van der Waals surface area (Å²) in [5.74, 6) is 0.684. The number of aryl methyl sites for hydroxylation is 2. The standard InChI is InChI=1S/C22H24N6O3/c1-13-5-3-7-15-21(13)27-17(25-15)9-23-19(29)11-31-12-20(30)24-10-18-26-16-8-4-6-14(2)22(16)28-18/h3-8H,9-12H2,1-2H3,(H,23,29)(H,24,30)(H,25,27)(H,26,28). The lowest BCUT2D eigenvalue weighted by Crippen LogP contribution is -2.32. The molecule has 9 nitrogen and oxygen atoms in total. The lowest BCUT2D eigenvalue weighted by molar-refractivity contribution is -0.131. The van der Waals surface area contributed by atoms with Gasteiger partial charge in [-0.1, -0.05) is 24.3 Å². The Morgan fingerprint density at radius 1 is 0.806 bits per heavy atom. The number of ether oxygens (including phenoxy) is 1. The molecule has 4 N–H and O–H groups in total. The highest BCUT2D eigenvalue weighted by atomic mass is 16.5. The number of rotatable bonds is 8. The molecule has 160 valence electrons. The Hall–Kier alpha value is -3.72. The molecular weight excluding hydrogens is 396 g/mol. The van der Waals surface area contributed by atoms with Crippen molar-refractivity contribution in [1.82, 2.24) is 30.6 Å². The first-order valence-corrected chi connectivity index (χ1v) is 9.99. The third-order valence-corrected chi connectivity index (χ3v) is 4.90. The largest absolute Gasteiger partial charge is 0.362 e. The van der Waals surface area contributed by atoms with E-state index >= 15 is 0 Å². The number of hydrogen-bond donors (Lipinski definition) is 4. The molecule has 0 atom stereocenters. The zero-order chi connectivity index (χ0) is 21.8. The van der Waals surface area contributed by atoms with Gasteiger partial charge >= 0.3 is 0 Å². The van der Waals surface area contributed by atoms with Crippen molar-refractivity contribution in [2.75, 3.05) is 13.2 Å². The summed E-state index contributed by atoms with van der Waals surface area (Å²) in [4.78, 5) is 39.2. The smallest absolute Gasteiger partial charge is 0.246 e. The number of nitrogens with one attached hydrogen (secondary N) is 4. The molecule has 31 heavy (non-hydrogen) atoms. The number of benzene rings is 2. The zero-order valence-electron chi connectivity index (χ0n) is 17.4. The SMILES string of the molecule is Cc1cccc2[nH]c(CNC(=O)COCC(=O)NCc3nc4c(C)cccc4[nH]3)nc12. The van der Waals surface area contributed by atoms with Crippen LogP contribution >= 0.6 is 0 Å². The van der Waals surface area contributed by atoms with Crippen LogP contribution in [0.15, 0.2) is 36.4 Å². The molecule has 4 aromatic rings. The Balaban J connectivity index is 1.17. The van der Waals surface area contributed by atoms with Gasteiger partial charge < -0.3 is 25.3 Å². The maximum Gasteiger partial charge on any atom is 0.246 e. The molecule has 0 aliphatic carbocycles. The van der Waals surface area contributed by atoms with Crippen molar-refractivity contribution in [3.05, 3.63) is 59.2 Å². The van der Waals surface area contributed by atoms with Gasteiger partial charge in [0.2, 0.25) is 11.8 Å². The fourth-order valence-corrected chi connectivity index (χ4v) is 3.32. The lowest BCUT2D eigenvalue weighted by Gasteiger charge is -2.06. The number of carbonyl (C=O) groups excluding carboxylic acids is 2. The Kier molecular flexibility index (Phi) is 5.94. The average Bonchev–Trinajstić information content (AvgIpc) is 3.36. The molecule has 0 fully saturated rings. The van der Waals surface area contributed by atoms with Crippen molar-refractivity contribution in [3.8, 4) is 0 Å². The number of imidazole rings is 2. The van der Waals surface area contributed by atoms with Gasteiger partial charge in [-0.05, 0) is 37.1 Å². The average molecular weight is 420 g/mol. The van der Waals surface area contributed by atoms with E-state index in [9.17, 15) is 9.59 Å². The predicted octanol–water partition coefficient (Wildman–Crippen LogP) is 2.01. The lowest BCUT2D eigenvalue weighted by atomic mass is 10.2. The van der Waals surface area contributed by atoms with Gasteiger partial charge in [0.25, 0.3) is 0 Å². The number of aromatic amines is 2. The van der Waals surface area contributed by atoms with Crippen LogP contribution in [0.5, 0.6) is 0 Å². The Bertz CT molecular complexity index is 1150. The summed E-state index contributed by atoms with van der Waals surface area (Å²) in [5.41, 5.74) is 5.77. The number of H-pyrrole nitrogens is 2. The van der Waals surface area contributed by atoms with E-state index in [-0.39, 0.29) is 38.1 Å². The minimum atomic E-state index is -0.322. The van der Waals surface area contributed by atoms with E-state index in [1.165, 1.54) is 0 Å². The molecule has 0 saturated heterocycles. The molecule has 0 aliphatic heterocycles. The third-order valence-electron chi connectivity index (χ3n) is 4.90. The molecular formula is C22H24N6O3. The molecule has 2 amide bonds. The van der Waals surface area contributed by atoms with E-state index in [4.69, 9.17) is 4.74 Å². The molecule has 0 radical (unpaired) electrons. The van der Waals surface area contributed by atoms with Crippen LogP contribution in [0.3, 0.4) is 0 Å². The third kappa shape index (κ3) is 4.89. The minimum Gasteiger partial charge on any atom is -0.362 e. The quantitative estimate of drug-likeness (QED) is 0.347. The first kappa shape index (κ1) is 20.5. The highest BCUT2D eigenvalue weighted by Crippen LogP contribution is 2.16. The molecule has 0 unspecified atom stereocenters. The first-order chi connectivity index (χ1) is 15.0. The summed E-state index contributed by atoms with van der Waals surface area (Å²) < 4.78 is 5.20. The molecule has 0 bridgehead atoms. The second kappa shape index (κ2) is 8.97. The van der Waals surface area contributed by atoms with E-state index in [1.807, 2.05) is 50.2 Å². The van der Waals surface area contributed by atoms with Crippen LogP contribution in [0, 0.1) is 13.8 Å². The normalized spacial score (nSPS) is 11.2. The molecule has 0 spiro atoms. The van der Waals surface area contributed by atoms with Gasteiger partial charge in [-0.25, -0.2) is 9.97 Å². The van der Waals surface area contributed by atoms with Crippen molar-refractivity contribution in [2.24, 2.45) is 0 Å². The highest BCUT2D eigenvalue weighted by Gasteiger charge is 2.10. The molecule has 2 heterocycles. The Labute approximate surface area is 178 Å². The van der Waals surface area contributed by atoms with Gasteiger partial charge in [0.1, 0.15) is 24.9 Å². The van der Waals surface area contributed by atoms with Crippen LogP contribution in [-0.2, 0) is 27.4 Å². The van der Waals surface area contributed by atoms with Gasteiger partial charge in [0.15, 0.2) is 0 Å². The van der Waals surface area contributed by atoms with Gasteiger partial charge in [0.05, 0.1) is 35.2 Å². The zero-order valence-corrected chi connectivity index (χ0v) is 17.4. The number of carbonyl (C=O) groups is 2. The van der Waals surface area contributed by atoms with Gasteiger partial charge in [-0.2, -0.15) is 0 Å². The van der Waals surface area contributed by atoms with E-state index < -0.39 is 0 Å². The fraction of sp³-hybridized carbons (Fsp3) is 0.273. The summed E-state index contributed by atoms with van der Waals surface area (Å²) in [5, 5.41) is 5.45. The Morgan fingerprint density at radius 3 is 1.68 bits per heavy atom. The maximum absolute atomic E-state index is 12.0. The molecule has 9 heteroatoms. The summed E-state index contributed by atoms with van der Waals surface area (Å²) >= 11 is 0.